The van der Waals surface area contributed by atoms with Gasteiger partial charge in [-0.05, 0) is 39.8 Å². The van der Waals surface area contributed by atoms with Gasteiger partial charge in [0.15, 0.2) is 5.78 Å². The number of ether oxygens (including phenoxy) is 2. The SMILES string of the molecule is CCOC(=O)[C@@H](CSCC(=O)c1ccc(Br)cc1)NC(=O)OC(C)(C)C. The number of hydrogen-bond donors (Lipinski definition) is 1. The fourth-order valence-corrected chi connectivity index (χ4v) is 3.04. The Morgan fingerprint density at radius 2 is 1.81 bits per heavy atom. The number of amides is 1. The first kappa shape index (κ1) is 22.5. The molecular formula is C18H24BrNO5S. The molecule has 144 valence electrons. The first-order valence-corrected chi connectivity index (χ1v) is 10.1. The van der Waals surface area contributed by atoms with Crippen molar-refractivity contribution in [2.45, 2.75) is 39.3 Å². The van der Waals surface area contributed by atoms with E-state index < -0.39 is 23.7 Å². The number of halogens is 1. The lowest BCUT2D eigenvalue weighted by molar-refractivity contribution is -0.145. The smallest absolute Gasteiger partial charge is 0.408 e. The van der Waals surface area contributed by atoms with Crippen LogP contribution in [0.2, 0.25) is 0 Å². The molecule has 0 fully saturated rings. The van der Waals surface area contributed by atoms with Gasteiger partial charge in [-0.15, -0.1) is 0 Å². The van der Waals surface area contributed by atoms with E-state index in [2.05, 4.69) is 21.2 Å². The Balaban J connectivity index is 2.59. The molecule has 1 aromatic rings. The van der Waals surface area contributed by atoms with Gasteiger partial charge in [-0.25, -0.2) is 9.59 Å². The summed E-state index contributed by atoms with van der Waals surface area (Å²) in [6.45, 7) is 7.09. The van der Waals surface area contributed by atoms with E-state index in [1.807, 2.05) is 0 Å². The summed E-state index contributed by atoms with van der Waals surface area (Å²) in [4.78, 5) is 36.1. The fourth-order valence-electron chi connectivity index (χ4n) is 1.85. The molecule has 26 heavy (non-hydrogen) atoms. The minimum atomic E-state index is -0.882. The van der Waals surface area contributed by atoms with Gasteiger partial charge in [0.2, 0.25) is 0 Å². The highest BCUT2D eigenvalue weighted by molar-refractivity contribution is 9.10. The Labute approximate surface area is 166 Å². The summed E-state index contributed by atoms with van der Waals surface area (Å²) in [7, 11) is 0. The largest absolute Gasteiger partial charge is 0.464 e. The van der Waals surface area contributed by atoms with Crippen LogP contribution in [0.5, 0.6) is 0 Å². The molecule has 0 heterocycles. The highest BCUT2D eigenvalue weighted by Gasteiger charge is 2.25. The van der Waals surface area contributed by atoms with Crippen LogP contribution in [0.1, 0.15) is 38.1 Å². The zero-order chi connectivity index (χ0) is 19.7. The molecule has 1 aromatic carbocycles. The lowest BCUT2D eigenvalue weighted by atomic mass is 10.2. The van der Waals surface area contributed by atoms with E-state index in [4.69, 9.17) is 9.47 Å². The van der Waals surface area contributed by atoms with Crippen molar-refractivity contribution in [2.75, 3.05) is 18.1 Å². The first-order chi connectivity index (χ1) is 12.1. The van der Waals surface area contributed by atoms with Crippen molar-refractivity contribution in [3.05, 3.63) is 34.3 Å². The Bertz CT molecular complexity index is 627. The lowest BCUT2D eigenvalue weighted by Gasteiger charge is -2.22. The zero-order valence-corrected chi connectivity index (χ0v) is 17.7. The first-order valence-electron chi connectivity index (χ1n) is 8.15. The van der Waals surface area contributed by atoms with Crippen LogP contribution >= 0.6 is 27.7 Å². The predicted molar refractivity (Wildman–Crippen MR) is 106 cm³/mol. The van der Waals surface area contributed by atoms with Gasteiger partial charge in [0, 0.05) is 15.8 Å². The Morgan fingerprint density at radius 1 is 1.19 bits per heavy atom. The molecule has 0 aliphatic carbocycles. The fraction of sp³-hybridized carbons (Fsp3) is 0.500. The van der Waals surface area contributed by atoms with Crippen LogP contribution in [0, 0.1) is 0 Å². The number of esters is 1. The minimum absolute atomic E-state index is 0.0534. The molecule has 1 rings (SSSR count). The van der Waals surface area contributed by atoms with Crippen LogP contribution in [-0.2, 0) is 14.3 Å². The summed E-state index contributed by atoms with van der Waals surface area (Å²) < 4.78 is 11.0. The summed E-state index contributed by atoms with van der Waals surface area (Å²) >= 11 is 4.57. The maximum Gasteiger partial charge on any atom is 0.408 e. The lowest BCUT2D eigenvalue weighted by Crippen LogP contribution is -2.45. The van der Waals surface area contributed by atoms with Crippen LogP contribution in [0.3, 0.4) is 0 Å². The van der Waals surface area contributed by atoms with E-state index in [1.165, 1.54) is 11.8 Å². The molecule has 0 bridgehead atoms. The van der Waals surface area contributed by atoms with Crippen LogP contribution in [0.15, 0.2) is 28.7 Å². The normalized spacial score (nSPS) is 12.2. The van der Waals surface area contributed by atoms with E-state index in [9.17, 15) is 14.4 Å². The number of rotatable bonds is 8. The van der Waals surface area contributed by atoms with Crippen LogP contribution in [-0.4, -0.2) is 47.6 Å². The second-order valence-electron chi connectivity index (χ2n) is 6.40. The third kappa shape index (κ3) is 8.71. The van der Waals surface area contributed by atoms with Crippen molar-refractivity contribution in [3.8, 4) is 0 Å². The maximum atomic E-state index is 12.2. The molecule has 0 unspecified atom stereocenters. The Morgan fingerprint density at radius 3 is 2.35 bits per heavy atom. The van der Waals surface area contributed by atoms with Crippen molar-refractivity contribution in [1.29, 1.82) is 0 Å². The van der Waals surface area contributed by atoms with Gasteiger partial charge in [-0.3, -0.25) is 4.79 Å². The topological polar surface area (TPSA) is 81.7 Å². The van der Waals surface area contributed by atoms with Crippen molar-refractivity contribution in [1.82, 2.24) is 5.32 Å². The van der Waals surface area contributed by atoms with E-state index in [1.54, 1.807) is 52.0 Å². The number of Topliss-reactive ketones (excluding diaryl/α,β-unsaturated/α-hetero) is 1. The molecule has 8 heteroatoms. The predicted octanol–water partition coefficient (Wildman–Crippen LogP) is 3.82. The van der Waals surface area contributed by atoms with Crippen LogP contribution in [0.4, 0.5) is 4.79 Å². The minimum Gasteiger partial charge on any atom is -0.464 e. The van der Waals surface area contributed by atoms with Crippen LogP contribution in [0.25, 0.3) is 0 Å². The van der Waals surface area contributed by atoms with Gasteiger partial charge >= 0.3 is 12.1 Å². The van der Waals surface area contributed by atoms with Gasteiger partial charge in [0.25, 0.3) is 0 Å². The molecule has 0 aromatic heterocycles. The van der Waals surface area contributed by atoms with Crippen molar-refractivity contribution in [2.24, 2.45) is 0 Å². The molecule has 1 N–H and O–H groups in total. The quantitative estimate of drug-likeness (QED) is 0.483. The number of nitrogens with one attached hydrogen (secondary N) is 1. The standard InChI is InChI=1S/C18H24BrNO5S/c1-5-24-16(22)14(20-17(23)25-18(2,3)4)10-26-11-15(21)12-6-8-13(19)9-7-12/h6-9,14H,5,10-11H2,1-4H3,(H,20,23)/t14-/m1/s1. The number of carbonyl (C=O) groups excluding carboxylic acids is 3. The Hall–Kier alpha value is -1.54. The summed E-state index contributed by atoms with van der Waals surface area (Å²) in [5, 5.41) is 2.51. The molecule has 0 saturated heterocycles. The highest BCUT2D eigenvalue weighted by Crippen LogP contribution is 2.14. The van der Waals surface area contributed by atoms with E-state index >= 15 is 0 Å². The second-order valence-corrected chi connectivity index (χ2v) is 8.34. The summed E-state index contributed by atoms with van der Waals surface area (Å²) in [6, 6.07) is 6.17. The third-order valence-corrected chi connectivity index (χ3v) is 4.51. The number of hydrogen-bond acceptors (Lipinski definition) is 6. The van der Waals surface area contributed by atoms with Crippen LogP contribution < -0.4 is 5.32 Å². The summed E-state index contributed by atoms with van der Waals surface area (Å²) in [5.74, 6) is -0.210. The van der Waals surface area contributed by atoms with Gasteiger partial charge in [-0.1, -0.05) is 28.1 Å². The molecule has 0 radical (unpaired) electrons. The number of alkyl carbamates (subject to hydrolysis) is 1. The number of ketones is 1. The number of thioether (sulfide) groups is 1. The zero-order valence-electron chi connectivity index (χ0n) is 15.3. The molecule has 1 atom stereocenters. The van der Waals surface area contributed by atoms with Crippen molar-refractivity contribution < 1.29 is 23.9 Å². The average molecular weight is 446 g/mol. The summed E-state index contributed by atoms with van der Waals surface area (Å²) in [5.41, 5.74) is -0.0814. The molecular weight excluding hydrogens is 422 g/mol. The average Bonchev–Trinajstić information content (AvgIpc) is 2.52. The van der Waals surface area contributed by atoms with Gasteiger partial charge in [0.05, 0.1) is 12.4 Å². The molecule has 1 amide bonds. The van der Waals surface area contributed by atoms with E-state index in [0.29, 0.717) is 5.56 Å². The van der Waals surface area contributed by atoms with E-state index in [0.717, 1.165) is 4.47 Å². The molecule has 0 aliphatic heterocycles. The number of benzene rings is 1. The molecule has 0 aliphatic rings. The van der Waals surface area contributed by atoms with Crippen molar-refractivity contribution >= 4 is 45.5 Å². The maximum absolute atomic E-state index is 12.2. The van der Waals surface area contributed by atoms with Crippen molar-refractivity contribution in [3.63, 3.8) is 0 Å². The van der Waals surface area contributed by atoms with Gasteiger partial charge < -0.3 is 14.8 Å². The second kappa shape index (κ2) is 10.6. The molecule has 0 spiro atoms. The van der Waals surface area contributed by atoms with E-state index in [-0.39, 0.29) is 23.9 Å². The monoisotopic (exact) mass is 445 g/mol. The van der Waals surface area contributed by atoms with Gasteiger partial charge in [-0.2, -0.15) is 11.8 Å². The third-order valence-electron chi connectivity index (χ3n) is 2.95. The molecule has 0 saturated carbocycles. The number of carbonyl (C=O) groups is 3. The summed E-state index contributed by atoms with van der Waals surface area (Å²) in [6.07, 6.45) is -0.699. The highest BCUT2D eigenvalue weighted by atomic mass is 79.9. The van der Waals surface area contributed by atoms with Gasteiger partial charge in [0.1, 0.15) is 11.6 Å². The molecule has 6 nitrogen and oxygen atoms in total. The Kier molecular flexibility index (Phi) is 9.15.